The van der Waals surface area contributed by atoms with Gasteiger partial charge in [-0.3, -0.25) is 19.0 Å². The molecule has 0 saturated carbocycles. The van der Waals surface area contributed by atoms with E-state index in [1.807, 2.05) is 74.5 Å². The third-order valence-corrected chi connectivity index (χ3v) is 7.90. The van der Waals surface area contributed by atoms with Crippen LogP contribution >= 0.6 is 15.9 Å². The molecule has 0 atom stereocenters. The van der Waals surface area contributed by atoms with Crippen molar-refractivity contribution in [3.63, 3.8) is 0 Å². The largest absolute Gasteiger partial charge is 0.482 e. The van der Waals surface area contributed by atoms with E-state index in [4.69, 9.17) is 4.74 Å². The summed E-state index contributed by atoms with van der Waals surface area (Å²) in [5.41, 5.74) is 3.36. The number of halogens is 1. The summed E-state index contributed by atoms with van der Waals surface area (Å²) in [5, 5.41) is 9.35. The van der Waals surface area contributed by atoms with Gasteiger partial charge in [-0.15, -0.1) is 0 Å². The Balaban J connectivity index is 1.87. The molecule has 0 fully saturated rings. The number of rotatable bonds is 8. The molecular formula is C31H29BrN4O5. The summed E-state index contributed by atoms with van der Waals surface area (Å²) in [6.45, 7) is 3.10. The molecule has 9 nitrogen and oxygen atoms in total. The molecule has 2 aromatic heterocycles. The Hall–Kier alpha value is -4.57. The molecule has 0 aliphatic carbocycles. The zero-order chi connectivity index (χ0) is 29.4. The fourth-order valence-corrected chi connectivity index (χ4v) is 5.69. The van der Waals surface area contributed by atoms with Gasteiger partial charge in [0.2, 0.25) is 0 Å². The van der Waals surface area contributed by atoms with Crippen LogP contribution in [0.4, 0.5) is 0 Å². The lowest BCUT2D eigenvalue weighted by molar-refractivity contribution is -0.139. The van der Waals surface area contributed by atoms with Crippen LogP contribution in [0.3, 0.4) is 0 Å². The lowest BCUT2D eigenvalue weighted by Gasteiger charge is -2.20. The molecule has 0 unspecified atom stereocenters. The van der Waals surface area contributed by atoms with Crippen molar-refractivity contribution in [2.75, 3.05) is 6.61 Å². The Morgan fingerprint density at radius 2 is 1.27 bits per heavy atom. The number of nitrogens with zero attached hydrogens (tertiary/aromatic N) is 4. The minimum atomic E-state index is -1.14. The van der Waals surface area contributed by atoms with Crippen molar-refractivity contribution in [1.29, 1.82) is 0 Å². The molecular weight excluding hydrogens is 588 g/mol. The molecule has 10 heteroatoms. The van der Waals surface area contributed by atoms with Crippen molar-refractivity contribution >= 4 is 21.9 Å². The van der Waals surface area contributed by atoms with Crippen molar-refractivity contribution in [1.82, 2.24) is 18.7 Å². The molecule has 5 rings (SSSR count). The highest BCUT2D eigenvalue weighted by Gasteiger charge is 2.34. The van der Waals surface area contributed by atoms with Crippen LogP contribution in [0.5, 0.6) is 5.75 Å². The zero-order valence-electron chi connectivity index (χ0n) is 23.0. The Bertz CT molecular complexity index is 1760. The van der Waals surface area contributed by atoms with Crippen LogP contribution in [0, 0.1) is 13.8 Å². The minimum Gasteiger partial charge on any atom is -0.482 e. The Morgan fingerprint density at radius 3 is 1.71 bits per heavy atom. The molecule has 0 radical (unpaired) electrons. The fraction of sp³-hybridized carbons (Fsp3) is 0.194. The normalized spacial score (nSPS) is 11.3. The topological polar surface area (TPSA) is 100 Å². The molecule has 41 heavy (non-hydrogen) atoms. The van der Waals surface area contributed by atoms with Crippen LogP contribution in [-0.2, 0) is 18.9 Å². The summed E-state index contributed by atoms with van der Waals surface area (Å²) in [6.07, 6.45) is 0. The first-order valence-electron chi connectivity index (χ1n) is 12.9. The van der Waals surface area contributed by atoms with Gasteiger partial charge in [0.25, 0.3) is 11.1 Å². The number of aromatic nitrogens is 4. The molecule has 5 aromatic rings. The molecule has 0 spiro atoms. The number of para-hydroxylation sites is 2. The lowest BCUT2D eigenvalue weighted by atomic mass is 9.84. The second kappa shape index (κ2) is 11.1. The highest BCUT2D eigenvalue weighted by atomic mass is 79.9. The van der Waals surface area contributed by atoms with Crippen LogP contribution in [0.25, 0.3) is 11.4 Å². The summed E-state index contributed by atoms with van der Waals surface area (Å²) in [4.78, 5) is 40.1. The maximum atomic E-state index is 14.3. The summed E-state index contributed by atoms with van der Waals surface area (Å²) in [7, 11) is 3.60. The van der Waals surface area contributed by atoms with E-state index in [2.05, 4.69) is 15.9 Å². The van der Waals surface area contributed by atoms with E-state index < -0.39 is 18.5 Å². The second-order valence-corrected chi connectivity index (χ2v) is 10.7. The van der Waals surface area contributed by atoms with Crippen LogP contribution in [0.15, 0.2) is 92.9 Å². The zero-order valence-corrected chi connectivity index (χ0v) is 24.6. The van der Waals surface area contributed by atoms with E-state index in [1.54, 1.807) is 51.0 Å². The van der Waals surface area contributed by atoms with Gasteiger partial charge in [0.15, 0.2) is 6.61 Å². The monoisotopic (exact) mass is 616 g/mol. The summed E-state index contributed by atoms with van der Waals surface area (Å²) >= 11 is 3.53. The first-order valence-corrected chi connectivity index (χ1v) is 13.7. The average molecular weight is 618 g/mol. The van der Waals surface area contributed by atoms with Gasteiger partial charge in [-0.1, -0.05) is 52.3 Å². The van der Waals surface area contributed by atoms with Gasteiger partial charge in [0.05, 0.1) is 28.4 Å². The Labute approximate surface area is 244 Å². The quantitative estimate of drug-likeness (QED) is 0.273. The Kier molecular flexibility index (Phi) is 7.59. The fourth-order valence-electron chi connectivity index (χ4n) is 5.31. The van der Waals surface area contributed by atoms with Crippen molar-refractivity contribution in [3.05, 3.63) is 132 Å². The van der Waals surface area contributed by atoms with Gasteiger partial charge in [0.1, 0.15) is 5.75 Å². The van der Waals surface area contributed by atoms with Crippen LogP contribution in [0.1, 0.15) is 34.0 Å². The highest BCUT2D eigenvalue weighted by Crippen LogP contribution is 2.39. The third-order valence-electron chi connectivity index (χ3n) is 7.41. The van der Waals surface area contributed by atoms with Crippen LogP contribution in [-0.4, -0.2) is 36.4 Å². The maximum Gasteiger partial charge on any atom is 0.341 e. The van der Waals surface area contributed by atoms with E-state index in [0.29, 0.717) is 43.9 Å². The minimum absolute atomic E-state index is 0.267. The van der Waals surface area contributed by atoms with E-state index in [1.165, 1.54) is 0 Å². The summed E-state index contributed by atoms with van der Waals surface area (Å²) < 4.78 is 13.1. The molecule has 3 aromatic carbocycles. The van der Waals surface area contributed by atoms with Crippen molar-refractivity contribution < 1.29 is 14.6 Å². The standard InChI is InChI=1S/C31H29BrN4O5/c1-19-27(30(39)35(33(19)3)22-11-7-5-8-12-22)29(24-17-21(32)15-16-25(24)41-18-26(37)38)28-20(2)34(4)36(31(28)40)23-13-9-6-10-14-23/h5-17,29H,18H2,1-4H3,(H,37,38). The van der Waals surface area contributed by atoms with E-state index >= 15 is 0 Å². The van der Waals surface area contributed by atoms with Gasteiger partial charge in [0, 0.05) is 35.5 Å². The maximum absolute atomic E-state index is 14.3. The number of carboxylic acids is 1. The van der Waals surface area contributed by atoms with Crippen LogP contribution < -0.4 is 15.9 Å². The predicted octanol–water partition coefficient (Wildman–Crippen LogP) is 4.69. The van der Waals surface area contributed by atoms with Gasteiger partial charge >= 0.3 is 5.97 Å². The molecule has 210 valence electrons. The molecule has 0 aliphatic heterocycles. The number of hydrogen-bond acceptors (Lipinski definition) is 4. The van der Waals surface area contributed by atoms with Gasteiger partial charge in [-0.05, 0) is 56.3 Å². The Morgan fingerprint density at radius 1 is 0.805 bits per heavy atom. The van der Waals surface area contributed by atoms with Gasteiger partial charge in [-0.25, -0.2) is 14.2 Å². The molecule has 0 bridgehead atoms. The van der Waals surface area contributed by atoms with Crippen LogP contribution in [0.2, 0.25) is 0 Å². The number of hydrogen-bond donors (Lipinski definition) is 1. The van der Waals surface area contributed by atoms with Crippen molar-refractivity contribution in [2.45, 2.75) is 19.8 Å². The lowest BCUT2D eigenvalue weighted by Crippen LogP contribution is -2.26. The summed E-state index contributed by atoms with van der Waals surface area (Å²) in [6, 6.07) is 23.7. The molecule has 0 aliphatic rings. The predicted molar refractivity (Wildman–Crippen MR) is 160 cm³/mol. The number of aliphatic carboxylic acids is 1. The molecule has 0 amide bonds. The summed E-state index contributed by atoms with van der Waals surface area (Å²) in [5.74, 6) is -1.74. The van der Waals surface area contributed by atoms with E-state index in [-0.39, 0.29) is 16.9 Å². The van der Waals surface area contributed by atoms with E-state index in [0.717, 1.165) is 0 Å². The molecule has 1 N–H and O–H groups in total. The van der Waals surface area contributed by atoms with E-state index in [9.17, 15) is 19.5 Å². The van der Waals surface area contributed by atoms with Gasteiger partial charge in [-0.2, -0.15) is 0 Å². The average Bonchev–Trinajstić information content (AvgIpc) is 3.31. The first kappa shape index (κ1) is 28.0. The smallest absolute Gasteiger partial charge is 0.341 e. The van der Waals surface area contributed by atoms with Gasteiger partial charge < -0.3 is 9.84 Å². The second-order valence-electron chi connectivity index (χ2n) is 9.75. The number of benzene rings is 3. The SMILES string of the molecule is Cc1c(C(c2cc(Br)ccc2OCC(=O)O)c2c(C)n(C)n(-c3ccccc3)c2=O)c(=O)n(-c2ccccc2)n1C. The third kappa shape index (κ3) is 4.95. The molecule has 0 saturated heterocycles. The highest BCUT2D eigenvalue weighted by molar-refractivity contribution is 9.10. The number of carbonyl (C=O) groups is 1. The van der Waals surface area contributed by atoms with Crippen molar-refractivity contribution in [2.24, 2.45) is 14.1 Å². The first-order chi connectivity index (χ1) is 19.6. The number of carboxylic acid groups (broad SMARTS) is 1. The van der Waals surface area contributed by atoms with Crippen molar-refractivity contribution in [3.8, 4) is 17.1 Å². The molecule has 2 heterocycles. The number of ether oxygens (including phenoxy) is 1.